The number of nitrogens with one attached hydrogen (secondary N) is 10. The number of rotatable bonds is 34. The van der Waals surface area contributed by atoms with Gasteiger partial charge in [0, 0.05) is 97.3 Å². The second kappa shape index (κ2) is 31.8. The van der Waals surface area contributed by atoms with Crippen LogP contribution in [0.2, 0.25) is 0 Å². The minimum absolute atomic E-state index is 0.0668. The third-order valence-corrected chi connectivity index (χ3v) is 14.9. The maximum atomic E-state index is 14.6. The molecule has 11 N–H and O–H groups in total. The highest BCUT2D eigenvalue weighted by Gasteiger charge is 2.40. The Morgan fingerprint density at radius 3 is 1.75 bits per heavy atom. The molecule has 9 amide bonds. The Morgan fingerprint density at radius 2 is 1.15 bits per heavy atom. The first-order chi connectivity index (χ1) is 38.6. The Bertz CT molecular complexity index is 2950. The van der Waals surface area contributed by atoms with Crippen molar-refractivity contribution in [3.8, 4) is 0 Å². The number of carboxylic acid groups (broad SMARTS) is 1. The zero-order chi connectivity index (χ0) is 57.4. The van der Waals surface area contributed by atoms with Crippen molar-refractivity contribution in [3.05, 3.63) is 108 Å². The number of benzene rings is 3. The van der Waals surface area contributed by atoms with Crippen LogP contribution in [0.1, 0.15) is 68.1 Å². The summed E-state index contributed by atoms with van der Waals surface area (Å²) in [6.45, 7) is -0.204. The highest BCUT2D eigenvalue weighted by Crippen LogP contribution is 2.26. The van der Waals surface area contributed by atoms with E-state index in [0.29, 0.717) is 29.8 Å². The number of H-pyrrole nitrogens is 2. The highest BCUT2D eigenvalue weighted by atomic mass is 32.2. The smallest absolute Gasteiger partial charge is 0.327 e. The quantitative estimate of drug-likeness (QED) is 0.0159. The molecule has 5 atom stereocenters. The molecule has 1 saturated heterocycles. The number of unbranched alkanes of at least 4 members (excludes halogenated alkanes) is 4. The van der Waals surface area contributed by atoms with Gasteiger partial charge < -0.3 is 57.6 Å². The summed E-state index contributed by atoms with van der Waals surface area (Å²) in [6.07, 6.45) is 7.84. The minimum Gasteiger partial charge on any atom is -0.480 e. The van der Waals surface area contributed by atoms with Crippen molar-refractivity contribution < 1.29 is 53.1 Å². The van der Waals surface area contributed by atoms with Crippen molar-refractivity contribution in [2.45, 2.75) is 100 Å². The van der Waals surface area contributed by atoms with Gasteiger partial charge >= 0.3 is 5.97 Å². The monoisotopic (exact) mass is 1140 g/mol. The molecule has 0 spiro atoms. The number of thiol groups is 1. The normalized spacial score (nSPS) is 14.7. The molecule has 1 aliphatic heterocycles. The van der Waals surface area contributed by atoms with E-state index in [9.17, 15) is 53.1 Å². The Kier molecular flexibility index (Phi) is 24.4. The van der Waals surface area contributed by atoms with Crippen molar-refractivity contribution in [2.75, 3.05) is 51.3 Å². The minimum atomic E-state index is -1.54. The van der Waals surface area contributed by atoms with Crippen LogP contribution in [0.15, 0.2) is 91.3 Å². The van der Waals surface area contributed by atoms with Crippen molar-refractivity contribution in [3.63, 3.8) is 0 Å². The fourth-order valence-electron chi connectivity index (χ4n) is 9.15. The molecule has 0 saturated carbocycles. The van der Waals surface area contributed by atoms with Crippen LogP contribution in [0.3, 0.4) is 0 Å². The van der Waals surface area contributed by atoms with Gasteiger partial charge in [0.1, 0.15) is 24.2 Å². The fourth-order valence-corrected chi connectivity index (χ4v) is 10.4. The average molecular weight is 1140 g/mol. The van der Waals surface area contributed by atoms with E-state index < -0.39 is 89.8 Å². The van der Waals surface area contributed by atoms with Crippen LogP contribution in [-0.4, -0.2) is 160 Å². The maximum Gasteiger partial charge on any atom is 0.327 e. The number of aromatic amines is 2. The summed E-state index contributed by atoms with van der Waals surface area (Å²) in [5.41, 5.74) is 3.58. The number of carboxylic acids is 1. The summed E-state index contributed by atoms with van der Waals surface area (Å²) in [6, 6.07) is 18.5. The standard InChI is InChI=1S/C56H71N11O11S2/c1-57-22-13-4-2-3-8-20-48(69)63-42(26-35-14-6-5-7-15-35)52(73)61-32-49(70)64-44(28-37-31-60-41-19-12-10-17-39(37)41)54(75)66-43(27-36-30-59-40-18-11-9-16-38(36)40)53(74)62-33-50(71)65-45(56(77)78)34-80-46-29-51(72)67(55(46)76)24-21-47(68)58-23-25-79/h5-7,9-12,14-19,30-31,42-46,57,59-60,79H,2-4,8,13,20-29,32-34H2,1H3,(H,58,68)(H,61,73)(H,62,74)(H,63,69)(H,64,70)(H,65,71)(H,66,75)(H,77,78). The molecule has 428 valence electrons. The van der Waals surface area contributed by atoms with Gasteiger partial charge in [-0.3, -0.25) is 48.1 Å². The van der Waals surface area contributed by atoms with Gasteiger partial charge in [-0.2, -0.15) is 12.6 Å². The first-order valence-corrected chi connectivity index (χ1v) is 28.4. The lowest BCUT2D eigenvalue weighted by Crippen LogP contribution is -2.57. The Morgan fingerprint density at radius 1 is 0.613 bits per heavy atom. The molecular weight excluding hydrogens is 1070 g/mol. The predicted molar refractivity (Wildman–Crippen MR) is 306 cm³/mol. The lowest BCUT2D eigenvalue weighted by atomic mass is 10.0. The van der Waals surface area contributed by atoms with Gasteiger partial charge in [-0.15, -0.1) is 11.8 Å². The summed E-state index contributed by atoms with van der Waals surface area (Å²) >= 11 is 4.90. The van der Waals surface area contributed by atoms with E-state index in [-0.39, 0.29) is 62.6 Å². The molecule has 0 aliphatic carbocycles. The van der Waals surface area contributed by atoms with Crippen LogP contribution < -0.4 is 42.5 Å². The van der Waals surface area contributed by atoms with Gasteiger partial charge in [0.25, 0.3) is 0 Å². The number of carbonyl (C=O) groups excluding carboxylic acids is 9. The van der Waals surface area contributed by atoms with Gasteiger partial charge in [0.15, 0.2) is 0 Å². The van der Waals surface area contributed by atoms with Gasteiger partial charge in [-0.05, 0) is 55.3 Å². The second-order valence-electron chi connectivity index (χ2n) is 19.4. The van der Waals surface area contributed by atoms with Crippen LogP contribution in [0, 0.1) is 0 Å². The molecule has 3 aromatic carbocycles. The number of likely N-dealkylation sites (tertiary alicyclic amines) is 1. The van der Waals surface area contributed by atoms with Crippen LogP contribution in [0.5, 0.6) is 0 Å². The summed E-state index contributed by atoms with van der Waals surface area (Å²) in [5, 5.41) is 32.2. The van der Waals surface area contributed by atoms with Crippen LogP contribution in [0.4, 0.5) is 0 Å². The van der Waals surface area contributed by atoms with Crippen LogP contribution in [-0.2, 0) is 67.2 Å². The molecule has 5 aromatic rings. The van der Waals surface area contributed by atoms with E-state index in [4.69, 9.17) is 0 Å². The Balaban J connectivity index is 1.12. The number of amides is 9. The number of aliphatic carboxylic acids is 1. The fraction of sp³-hybridized carbons (Fsp3) is 0.429. The van der Waals surface area contributed by atoms with E-state index in [1.54, 1.807) is 18.5 Å². The van der Waals surface area contributed by atoms with Gasteiger partial charge in [-0.25, -0.2) is 4.79 Å². The number of aromatic nitrogens is 2. The zero-order valence-electron chi connectivity index (χ0n) is 44.6. The molecule has 22 nitrogen and oxygen atoms in total. The number of carbonyl (C=O) groups is 10. The van der Waals surface area contributed by atoms with E-state index >= 15 is 0 Å². The second-order valence-corrected chi connectivity index (χ2v) is 21.0. The van der Waals surface area contributed by atoms with Gasteiger partial charge in [0.05, 0.1) is 18.3 Å². The van der Waals surface area contributed by atoms with E-state index in [0.717, 1.165) is 76.3 Å². The first-order valence-electron chi connectivity index (χ1n) is 26.7. The van der Waals surface area contributed by atoms with Crippen molar-refractivity contribution in [2.24, 2.45) is 0 Å². The molecule has 80 heavy (non-hydrogen) atoms. The lowest BCUT2D eigenvalue weighted by Gasteiger charge is -2.24. The number of imide groups is 1. The molecule has 0 bridgehead atoms. The number of thioether (sulfide) groups is 1. The van der Waals surface area contributed by atoms with Gasteiger partial charge in [0.2, 0.25) is 53.2 Å². The lowest BCUT2D eigenvalue weighted by molar-refractivity contribution is -0.141. The maximum absolute atomic E-state index is 14.6. The SMILES string of the molecule is CNCCCCCCCC(=O)NC(Cc1ccccc1)C(=O)NCC(=O)NC(Cc1c[nH]c2ccccc12)C(=O)NC(Cc1c[nH]c2ccccc12)C(=O)NCC(=O)NC(CSC1CC(=O)N(CCC(=O)NCCS)C1=O)C(=O)O. The first kappa shape index (κ1) is 61.5. The van der Waals surface area contributed by atoms with E-state index in [1.165, 1.54) is 0 Å². The van der Waals surface area contributed by atoms with E-state index in [2.05, 4.69) is 65.1 Å². The Hall–Kier alpha value is -7.70. The van der Waals surface area contributed by atoms with Crippen molar-refractivity contribution in [1.29, 1.82) is 0 Å². The number of para-hydroxylation sites is 2. The summed E-state index contributed by atoms with van der Waals surface area (Å²) in [7, 11) is 1.91. The number of fused-ring (bicyclic) bond motifs is 2. The molecule has 5 unspecified atom stereocenters. The van der Waals surface area contributed by atoms with Gasteiger partial charge in [-0.1, -0.05) is 86.0 Å². The predicted octanol–water partition coefficient (Wildman–Crippen LogP) is 1.79. The molecule has 1 fully saturated rings. The van der Waals surface area contributed by atoms with E-state index in [1.807, 2.05) is 79.8 Å². The molecule has 6 rings (SSSR count). The largest absolute Gasteiger partial charge is 0.480 e. The average Bonchev–Trinajstić information content (AvgIpc) is 4.18. The molecule has 3 heterocycles. The van der Waals surface area contributed by atoms with Crippen LogP contribution >= 0.6 is 24.4 Å². The van der Waals surface area contributed by atoms with Crippen LogP contribution in [0.25, 0.3) is 21.8 Å². The van der Waals surface area contributed by atoms with Crippen molar-refractivity contribution >= 4 is 105 Å². The summed E-state index contributed by atoms with van der Waals surface area (Å²) < 4.78 is 0. The molecule has 1 aliphatic rings. The highest BCUT2D eigenvalue weighted by molar-refractivity contribution is 8.00. The molecule has 0 radical (unpaired) electrons. The molecule has 24 heteroatoms. The molecule has 2 aromatic heterocycles. The number of nitrogens with zero attached hydrogens (tertiary/aromatic N) is 1. The Labute approximate surface area is 473 Å². The number of hydrogen-bond acceptors (Lipinski definition) is 13. The third-order valence-electron chi connectivity index (χ3n) is 13.4. The summed E-state index contributed by atoms with van der Waals surface area (Å²) in [4.78, 5) is 140. The number of hydrogen-bond donors (Lipinski definition) is 12. The summed E-state index contributed by atoms with van der Waals surface area (Å²) in [5.74, 6) is -6.97. The van der Waals surface area contributed by atoms with Crippen molar-refractivity contribution in [1.82, 2.24) is 57.4 Å². The topological polar surface area (TPSA) is 322 Å². The molecular formula is C56H71N11O11S2. The third kappa shape index (κ3) is 19.0. The zero-order valence-corrected chi connectivity index (χ0v) is 46.3.